The molecule has 0 spiro atoms. The maximum absolute atomic E-state index is 13.3. The number of aryl methyl sites for hydroxylation is 1. The molecule has 1 aromatic heterocycles. The van der Waals surface area contributed by atoms with Crippen molar-refractivity contribution >= 4 is 22.4 Å². The van der Waals surface area contributed by atoms with Gasteiger partial charge in [0.15, 0.2) is 16.8 Å². The lowest BCUT2D eigenvalue weighted by molar-refractivity contribution is -0.115. The van der Waals surface area contributed by atoms with Crippen LogP contribution in [0.15, 0.2) is 41.8 Å². The highest BCUT2D eigenvalue weighted by Crippen LogP contribution is 2.26. The van der Waals surface area contributed by atoms with Gasteiger partial charge in [0.2, 0.25) is 5.91 Å². The molecular weight excluding hydrogens is 358 g/mol. The number of carbonyl (C=O) groups is 1. The van der Waals surface area contributed by atoms with Crippen molar-refractivity contribution < 1.29 is 18.3 Å². The number of nitrogens with one attached hydrogen (secondary N) is 1. The van der Waals surface area contributed by atoms with Crippen LogP contribution in [0, 0.1) is 18.6 Å². The van der Waals surface area contributed by atoms with Crippen LogP contribution >= 0.6 is 11.3 Å². The first-order valence-corrected chi connectivity index (χ1v) is 8.68. The molecule has 7 heteroatoms. The van der Waals surface area contributed by atoms with Gasteiger partial charge in [-0.05, 0) is 31.2 Å². The molecule has 0 unspecified atom stereocenters. The Labute approximate surface area is 153 Å². The van der Waals surface area contributed by atoms with Crippen LogP contribution in [-0.4, -0.2) is 18.0 Å². The van der Waals surface area contributed by atoms with Crippen LogP contribution in [0.2, 0.25) is 0 Å². The summed E-state index contributed by atoms with van der Waals surface area (Å²) >= 11 is 1.22. The molecule has 0 atom stereocenters. The number of methoxy groups -OCH3 is 1. The van der Waals surface area contributed by atoms with Crippen LogP contribution in [-0.2, 0) is 11.2 Å². The van der Waals surface area contributed by atoms with E-state index in [2.05, 4.69) is 10.3 Å². The van der Waals surface area contributed by atoms with Gasteiger partial charge in [-0.3, -0.25) is 4.79 Å². The number of carbonyl (C=O) groups excluding carboxylic acids is 1. The molecular formula is C19H16F2N2O2S. The van der Waals surface area contributed by atoms with Gasteiger partial charge in [0.05, 0.1) is 19.2 Å². The number of anilines is 1. The Morgan fingerprint density at radius 2 is 2.00 bits per heavy atom. The number of hydrogen-bond acceptors (Lipinski definition) is 4. The third-order valence-electron chi connectivity index (χ3n) is 3.75. The quantitative estimate of drug-likeness (QED) is 0.711. The first kappa shape index (κ1) is 18.0. The van der Waals surface area contributed by atoms with Crippen molar-refractivity contribution in [2.45, 2.75) is 13.3 Å². The van der Waals surface area contributed by atoms with E-state index in [1.807, 2.05) is 25.1 Å². The largest absolute Gasteiger partial charge is 0.496 e. The molecule has 0 bridgehead atoms. The summed E-state index contributed by atoms with van der Waals surface area (Å²) in [4.78, 5) is 16.6. The molecule has 0 radical (unpaired) electrons. The molecule has 0 saturated carbocycles. The predicted molar refractivity (Wildman–Crippen MR) is 97.5 cm³/mol. The van der Waals surface area contributed by atoms with Gasteiger partial charge in [-0.15, -0.1) is 11.3 Å². The van der Waals surface area contributed by atoms with Gasteiger partial charge in [-0.25, -0.2) is 13.8 Å². The first-order valence-electron chi connectivity index (χ1n) is 7.80. The molecule has 2 aromatic carbocycles. The van der Waals surface area contributed by atoms with Gasteiger partial charge in [0.25, 0.3) is 0 Å². The number of aromatic nitrogens is 1. The number of thiazole rings is 1. The molecule has 26 heavy (non-hydrogen) atoms. The summed E-state index contributed by atoms with van der Waals surface area (Å²) in [5, 5.41) is 4.79. The first-order chi connectivity index (χ1) is 12.5. The second-order valence-corrected chi connectivity index (χ2v) is 6.57. The van der Waals surface area contributed by atoms with Gasteiger partial charge in [-0.1, -0.05) is 17.7 Å². The second kappa shape index (κ2) is 7.61. The van der Waals surface area contributed by atoms with Crippen LogP contribution in [0.5, 0.6) is 5.75 Å². The molecule has 0 aliphatic heterocycles. The topological polar surface area (TPSA) is 51.2 Å². The molecule has 134 valence electrons. The standard InChI is InChI=1S/C19H16F2N2O2S/c1-11-3-6-17(25-2)13(7-11)9-18(24)23-19-22-16(10-26-19)12-4-5-14(20)15(21)8-12/h3-8,10H,9H2,1-2H3,(H,22,23,24). The minimum Gasteiger partial charge on any atom is -0.496 e. The van der Waals surface area contributed by atoms with Crippen LogP contribution < -0.4 is 10.1 Å². The zero-order chi connectivity index (χ0) is 18.7. The van der Waals surface area contributed by atoms with Crippen molar-refractivity contribution in [3.05, 3.63) is 64.5 Å². The lowest BCUT2D eigenvalue weighted by Crippen LogP contribution is -2.14. The number of rotatable bonds is 5. The fourth-order valence-corrected chi connectivity index (χ4v) is 3.24. The summed E-state index contributed by atoms with van der Waals surface area (Å²) in [6, 6.07) is 9.20. The predicted octanol–water partition coefficient (Wildman–Crippen LogP) is 4.59. The molecule has 4 nitrogen and oxygen atoms in total. The van der Waals surface area contributed by atoms with Crippen LogP contribution in [0.4, 0.5) is 13.9 Å². The van der Waals surface area contributed by atoms with E-state index in [0.29, 0.717) is 22.1 Å². The van der Waals surface area contributed by atoms with Crippen LogP contribution in [0.25, 0.3) is 11.3 Å². The van der Waals surface area contributed by atoms with E-state index >= 15 is 0 Å². The van der Waals surface area contributed by atoms with E-state index in [1.54, 1.807) is 12.5 Å². The van der Waals surface area contributed by atoms with E-state index in [0.717, 1.165) is 23.3 Å². The van der Waals surface area contributed by atoms with E-state index in [-0.39, 0.29) is 12.3 Å². The van der Waals surface area contributed by atoms with Gasteiger partial charge >= 0.3 is 0 Å². The fourth-order valence-electron chi connectivity index (χ4n) is 2.50. The van der Waals surface area contributed by atoms with E-state index < -0.39 is 11.6 Å². The lowest BCUT2D eigenvalue weighted by atomic mass is 10.1. The highest BCUT2D eigenvalue weighted by molar-refractivity contribution is 7.14. The summed E-state index contributed by atoms with van der Waals surface area (Å²) in [6.45, 7) is 1.94. The van der Waals surface area contributed by atoms with Crippen molar-refractivity contribution in [3.8, 4) is 17.0 Å². The van der Waals surface area contributed by atoms with E-state index in [1.165, 1.54) is 17.4 Å². The summed E-state index contributed by atoms with van der Waals surface area (Å²) in [6.07, 6.45) is 0.144. The van der Waals surface area contributed by atoms with E-state index in [9.17, 15) is 13.6 Å². The van der Waals surface area contributed by atoms with Gasteiger partial charge in [0, 0.05) is 16.5 Å². The summed E-state index contributed by atoms with van der Waals surface area (Å²) in [5.41, 5.74) is 2.73. The smallest absolute Gasteiger partial charge is 0.230 e. The van der Waals surface area contributed by atoms with Gasteiger partial charge in [0.1, 0.15) is 5.75 Å². The molecule has 0 aliphatic carbocycles. The molecule has 0 saturated heterocycles. The molecule has 1 heterocycles. The average Bonchev–Trinajstić information content (AvgIpc) is 3.06. The normalized spacial score (nSPS) is 10.6. The zero-order valence-electron chi connectivity index (χ0n) is 14.2. The maximum Gasteiger partial charge on any atom is 0.230 e. The minimum absolute atomic E-state index is 0.144. The average molecular weight is 374 g/mol. The zero-order valence-corrected chi connectivity index (χ0v) is 15.0. The molecule has 1 amide bonds. The summed E-state index contributed by atoms with van der Waals surface area (Å²) in [5.74, 6) is -1.44. The van der Waals surface area contributed by atoms with Crippen molar-refractivity contribution in [1.82, 2.24) is 4.98 Å². The highest BCUT2D eigenvalue weighted by Gasteiger charge is 2.13. The number of benzene rings is 2. The maximum atomic E-state index is 13.3. The molecule has 0 fully saturated rings. The Morgan fingerprint density at radius 3 is 2.73 bits per heavy atom. The Bertz CT molecular complexity index is 956. The lowest BCUT2D eigenvalue weighted by Gasteiger charge is -2.09. The molecule has 0 aliphatic rings. The number of amides is 1. The Hall–Kier alpha value is -2.80. The van der Waals surface area contributed by atoms with E-state index in [4.69, 9.17) is 4.74 Å². The Kier molecular flexibility index (Phi) is 5.27. The number of halogens is 2. The Balaban J connectivity index is 1.72. The minimum atomic E-state index is -0.937. The monoisotopic (exact) mass is 374 g/mol. The Morgan fingerprint density at radius 1 is 1.19 bits per heavy atom. The number of ether oxygens (including phenoxy) is 1. The fraction of sp³-hybridized carbons (Fsp3) is 0.158. The van der Waals surface area contributed by atoms with Crippen LogP contribution in [0.3, 0.4) is 0 Å². The van der Waals surface area contributed by atoms with Crippen LogP contribution in [0.1, 0.15) is 11.1 Å². The van der Waals surface area contributed by atoms with Crippen molar-refractivity contribution in [2.24, 2.45) is 0 Å². The van der Waals surface area contributed by atoms with Crippen molar-refractivity contribution in [2.75, 3.05) is 12.4 Å². The van der Waals surface area contributed by atoms with Crippen molar-refractivity contribution in [1.29, 1.82) is 0 Å². The third-order valence-corrected chi connectivity index (χ3v) is 4.51. The van der Waals surface area contributed by atoms with Gasteiger partial charge < -0.3 is 10.1 Å². The highest BCUT2D eigenvalue weighted by atomic mass is 32.1. The summed E-state index contributed by atoms with van der Waals surface area (Å²) < 4.78 is 31.7. The summed E-state index contributed by atoms with van der Waals surface area (Å²) in [7, 11) is 1.56. The molecule has 3 rings (SSSR count). The number of nitrogens with zero attached hydrogens (tertiary/aromatic N) is 1. The van der Waals surface area contributed by atoms with Crippen molar-refractivity contribution in [3.63, 3.8) is 0 Å². The number of hydrogen-bond donors (Lipinski definition) is 1. The van der Waals surface area contributed by atoms with Gasteiger partial charge in [-0.2, -0.15) is 0 Å². The SMILES string of the molecule is COc1ccc(C)cc1CC(=O)Nc1nc(-c2ccc(F)c(F)c2)cs1. The second-order valence-electron chi connectivity index (χ2n) is 5.71. The third kappa shape index (κ3) is 4.05. The molecule has 3 aromatic rings. The molecule has 1 N–H and O–H groups in total.